The van der Waals surface area contributed by atoms with E-state index in [4.69, 9.17) is 5.73 Å². The molecule has 3 heterocycles. The summed E-state index contributed by atoms with van der Waals surface area (Å²) < 4.78 is 0. The van der Waals surface area contributed by atoms with Gasteiger partial charge in [0.15, 0.2) is 5.13 Å². The Bertz CT molecular complexity index is 465. The molecular formula is C16H30ClN5S. The fourth-order valence-corrected chi connectivity index (χ4v) is 4.46. The van der Waals surface area contributed by atoms with E-state index in [1.807, 2.05) is 6.20 Å². The fraction of sp³-hybridized carbons (Fsp3) is 0.812. The number of nitrogen functional groups attached to an aromatic ring is 1. The summed E-state index contributed by atoms with van der Waals surface area (Å²) in [7, 11) is 0. The lowest BCUT2D eigenvalue weighted by Gasteiger charge is -2.36. The van der Waals surface area contributed by atoms with E-state index in [1.54, 1.807) is 11.3 Å². The van der Waals surface area contributed by atoms with Crippen LogP contribution in [-0.2, 0) is 6.54 Å². The first kappa shape index (κ1) is 18.9. The average Bonchev–Trinajstić information content (AvgIpc) is 3.05. The monoisotopic (exact) mass is 359 g/mol. The smallest absolute Gasteiger partial charge is 0.180 e. The first-order valence-corrected chi connectivity index (χ1v) is 9.34. The third-order valence-electron chi connectivity index (χ3n) is 5.22. The van der Waals surface area contributed by atoms with Gasteiger partial charge >= 0.3 is 0 Å². The predicted octanol–water partition coefficient (Wildman–Crippen LogP) is 2.14. The summed E-state index contributed by atoms with van der Waals surface area (Å²) >= 11 is 1.61. The van der Waals surface area contributed by atoms with Crippen molar-refractivity contribution in [2.24, 2.45) is 0 Å². The number of nitrogens with zero attached hydrogens (tertiary/aromatic N) is 4. The van der Waals surface area contributed by atoms with E-state index in [-0.39, 0.29) is 12.4 Å². The zero-order valence-corrected chi connectivity index (χ0v) is 15.9. The van der Waals surface area contributed by atoms with Crippen LogP contribution in [0.5, 0.6) is 0 Å². The number of thiazole rings is 1. The maximum absolute atomic E-state index is 5.70. The standard InChI is InChI=1S/C16H29N5S.ClH/c1-13-3-4-14(2)21(13)10-9-19-5-7-20(8-6-19)12-15-11-18-16(17)22-15;/h11,13-14H,3-10,12H2,1-2H3,(H2,17,18);1H. The molecule has 0 aromatic carbocycles. The minimum atomic E-state index is 0. The lowest BCUT2D eigenvalue weighted by molar-refractivity contribution is 0.106. The van der Waals surface area contributed by atoms with Crippen LogP contribution in [0.4, 0.5) is 5.13 Å². The third-order valence-corrected chi connectivity index (χ3v) is 6.04. The third kappa shape index (κ3) is 5.03. The van der Waals surface area contributed by atoms with Gasteiger partial charge in [0.05, 0.1) is 0 Å². The van der Waals surface area contributed by atoms with Gasteiger partial charge in [-0.25, -0.2) is 4.98 Å². The van der Waals surface area contributed by atoms with Gasteiger partial charge in [0.2, 0.25) is 0 Å². The van der Waals surface area contributed by atoms with Gasteiger partial charge in [-0.05, 0) is 26.7 Å². The molecule has 7 heteroatoms. The minimum absolute atomic E-state index is 0. The number of rotatable bonds is 5. The molecule has 2 aliphatic rings. The van der Waals surface area contributed by atoms with Crippen LogP contribution < -0.4 is 5.73 Å². The molecule has 2 saturated heterocycles. The Balaban J connectivity index is 0.00000192. The van der Waals surface area contributed by atoms with Crippen molar-refractivity contribution in [2.75, 3.05) is 45.0 Å². The van der Waals surface area contributed by atoms with Crippen molar-refractivity contribution in [3.05, 3.63) is 11.1 Å². The summed E-state index contributed by atoms with van der Waals surface area (Å²) in [5.74, 6) is 0. The van der Waals surface area contributed by atoms with E-state index in [2.05, 4.69) is 33.5 Å². The van der Waals surface area contributed by atoms with E-state index in [1.165, 1.54) is 43.9 Å². The zero-order valence-electron chi connectivity index (χ0n) is 14.3. The number of piperazine rings is 1. The van der Waals surface area contributed by atoms with Crippen molar-refractivity contribution in [1.29, 1.82) is 0 Å². The topological polar surface area (TPSA) is 48.6 Å². The van der Waals surface area contributed by atoms with Crippen molar-refractivity contribution >= 4 is 28.9 Å². The van der Waals surface area contributed by atoms with Crippen LogP contribution in [0.1, 0.15) is 31.6 Å². The van der Waals surface area contributed by atoms with E-state index in [0.717, 1.165) is 31.7 Å². The molecule has 2 fully saturated rings. The van der Waals surface area contributed by atoms with Crippen LogP contribution in [-0.4, -0.2) is 71.0 Å². The predicted molar refractivity (Wildman–Crippen MR) is 100 cm³/mol. The second kappa shape index (κ2) is 8.62. The molecular weight excluding hydrogens is 330 g/mol. The molecule has 132 valence electrons. The quantitative estimate of drug-likeness (QED) is 0.872. The van der Waals surface area contributed by atoms with Crippen molar-refractivity contribution in [2.45, 2.75) is 45.3 Å². The van der Waals surface area contributed by atoms with Gasteiger partial charge in [0.1, 0.15) is 0 Å². The molecule has 23 heavy (non-hydrogen) atoms. The van der Waals surface area contributed by atoms with Gasteiger partial charge in [-0.1, -0.05) is 0 Å². The van der Waals surface area contributed by atoms with Gasteiger partial charge in [0, 0.05) is 69.0 Å². The molecule has 0 aliphatic carbocycles. The Labute approximate surface area is 150 Å². The van der Waals surface area contributed by atoms with Crippen LogP contribution in [0.25, 0.3) is 0 Å². The Morgan fingerprint density at radius 3 is 2.26 bits per heavy atom. The van der Waals surface area contributed by atoms with E-state index in [0.29, 0.717) is 5.13 Å². The first-order chi connectivity index (χ1) is 10.6. The van der Waals surface area contributed by atoms with E-state index in [9.17, 15) is 0 Å². The molecule has 1 aromatic rings. The number of anilines is 1. The molecule has 3 rings (SSSR count). The highest BCUT2D eigenvalue weighted by molar-refractivity contribution is 7.15. The Hall–Kier alpha value is -0.400. The number of aromatic nitrogens is 1. The number of hydrogen-bond donors (Lipinski definition) is 1. The average molecular weight is 360 g/mol. The molecule has 2 atom stereocenters. The summed E-state index contributed by atoms with van der Waals surface area (Å²) in [6.07, 6.45) is 4.66. The normalized spacial score (nSPS) is 27.2. The number of nitrogens with two attached hydrogens (primary N) is 1. The summed E-state index contributed by atoms with van der Waals surface area (Å²) in [6.45, 7) is 12.9. The van der Waals surface area contributed by atoms with Gasteiger partial charge < -0.3 is 5.73 Å². The minimum Gasteiger partial charge on any atom is -0.375 e. The van der Waals surface area contributed by atoms with Crippen LogP contribution in [0.2, 0.25) is 0 Å². The molecule has 2 unspecified atom stereocenters. The maximum Gasteiger partial charge on any atom is 0.180 e. The molecule has 0 spiro atoms. The highest BCUT2D eigenvalue weighted by Gasteiger charge is 2.27. The van der Waals surface area contributed by atoms with Crippen LogP contribution in [0.15, 0.2) is 6.20 Å². The molecule has 0 saturated carbocycles. The Morgan fingerprint density at radius 2 is 1.70 bits per heavy atom. The van der Waals surface area contributed by atoms with E-state index >= 15 is 0 Å². The lowest BCUT2D eigenvalue weighted by atomic mass is 10.2. The van der Waals surface area contributed by atoms with Crippen molar-refractivity contribution in [3.63, 3.8) is 0 Å². The fourth-order valence-electron chi connectivity index (χ4n) is 3.73. The lowest BCUT2D eigenvalue weighted by Crippen LogP contribution is -2.48. The van der Waals surface area contributed by atoms with Crippen molar-refractivity contribution < 1.29 is 0 Å². The Morgan fingerprint density at radius 1 is 1.09 bits per heavy atom. The summed E-state index contributed by atoms with van der Waals surface area (Å²) in [6, 6.07) is 1.54. The number of halogens is 1. The highest BCUT2D eigenvalue weighted by atomic mass is 35.5. The summed E-state index contributed by atoms with van der Waals surface area (Å²) in [5, 5.41) is 0.683. The second-order valence-electron chi connectivity index (χ2n) is 6.80. The van der Waals surface area contributed by atoms with E-state index < -0.39 is 0 Å². The van der Waals surface area contributed by atoms with Gasteiger partial charge in [0.25, 0.3) is 0 Å². The highest BCUT2D eigenvalue weighted by Crippen LogP contribution is 2.23. The van der Waals surface area contributed by atoms with Gasteiger partial charge in [-0.3, -0.25) is 14.7 Å². The Kier molecular flexibility index (Phi) is 7.10. The molecule has 0 radical (unpaired) electrons. The SMILES string of the molecule is CC1CCC(C)N1CCN1CCN(Cc2cnc(N)s2)CC1.Cl. The molecule has 2 aliphatic heterocycles. The summed E-state index contributed by atoms with van der Waals surface area (Å²) in [4.78, 5) is 13.2. The van der Waals surface area contributed by atoms with Crippen molar-refractivity contribution in [1.82, 2.24) is 19.7 Å². The van der Waals surface area contributed by atoms with Crippen LogP contribution >= 0.6 is 23.7 Å². The maximum atomic E-state index is 5.70. The zero-order chi connectivity index (χ0) is 15.5. The first-order valence-electron chi connectivity index (χ1n) is 8.52. The van der Waals surface area contributed by atoms with Crippen LogP contribution in [0, 0.1) is 0 Å². The van der Waals surface area contributed by atoms with Gasteiger partial charge in [-0.2, -0.15) is 0 Å². The molecule has 0 bridgehead atoms. The van der Waals surface area contributed by atoms with Gasteiger partial charge in [-0.15, -0.1) is 23.7 Å². The molecule has 0 amide bonds. The number of hydrogen-bond acceptors (Lipinski definition) is 6. The molecule has 1 aromatic heterocycles. The van der Waals surface area contributed by atoms with Crippen LogP contribution in [0.3, 0.4) is 0 Å². The summed E-state index contributed by atoms with van der Waals surface area (Å²) in [5.41, 5.74) is 5.70. The largest absolute Gasteiger partial charge is 0.375 e. The second-order valence-corrected chi connectivity index (χ2v) is 7.94. The number of likely N-dealkylation sites (tertiary alicyclic amines) is 1. The van der Waals surface area contributed by atoms with Crippen molar-refractivity contribution in [3.8, 4) is 0 Å². The molecule has 2 N–H and O–H groups in total. The molecule has 5 nitrogen and oxygen atoms in total.